The number of hydrogen-bond donors (Lipinski definition) is 1. The lowest BCUT2D eigenvalue weighted by molar-refractivity contribution is -0.122. The van der Waals surface area contributed by atoms with Gasteiger partial charge in [0.25, 0.3) is 0 Å². The van der Waals surface area contributed by atoms with Gasteiger partial charge in [0.1, 0.15) is 29.0 Å². The van der Waals surface area contributed by atoms with E-state index in [0.29, 0.717) is 22.6 Å². The lowest BCUT2D eigenvalue weighted by atomic mass is 9.62. The molecule has 0 aromatic heterocycles. The van der Waals surface area contributed by atoms with Crippen LogP contribution in [0.5, 0.6) is 11.5 Å². The van der Waals surface area contributed by atoms with E-state index in [0.717, 1.165) is 11.1 Å². The van der Waals surface area contributed by atoms with Gasteiger partial charge in [0.2, 0.25) is 5.91 Å². The summed E-state index contributed by atoms with van der Waals surface area (Å²) in [6.07, 6.45) is 3.73. The van der Waals surface area contributed by atoms with Crippen LogP contribution in [0.4, 0.5) is 5.69 Å². The molecule has 8 nitrogen and oxygen atoms in total. The molecule has 1 saturated heterocycles. The molecule has 4 atom stereocenters. The van der Waals surface area contributed by atoms with Crippen molar-refractivity contribution < 1.29 is 23.9 Å². The van der Waals surface area contributed by atoms with Gasteiger partial charge < -0.3 is 19.7 Å². The van der Waals surface area contributed by atoms with E-state index >= 15 is 0 Å². The van der Waals surface area contributed by atoms with Crippen LogP contribution in [0.15, 0.2) is 103 Å². The average Bonchev–Trinajstić information content (AvgIpc) is 3.55. The third kappa shape index (κ3) is 3.86. The second-order valence-corrected chi connectivity index (χ2v) is 11.0. The molecule has 3 aliphatic rings. The number of nitrogens with one attached hydrogen (secondary N) is 1. The molecular weight excluding hydrogens is 554 g/mol. The van der Waals surface area contributed by atoms with Crippen LogP contribution in [-0.4, -0.2) is 42.1 Å². The Hall–Kier alpha value is -5.68. The molecule has 4 aromatic rings. The van der Waals surface area contributed by atoms with Crippen molar-refractivity contribution in [1.82, 2.24) is 4.90 Å². The largest absolute Gasteiger partial charge is 0.497 e. The van der Waals surface area contributed by atoms with E-state index in [1.165, 1.54) is 7.11 Å². The number of para-hydroxylation sites is 2. The summed E-state index contributed by atoms with van der Waals surface area (Å²) in [6.45, 7) is -0.250. The quantitative estimate of drug-likeness (QED) is 0.284. The van der Waals surface area contributed by atoms with Gasteiger partial charge in [0.15, 0.2) is 18.2 Å². The molecule has 0 bridgehead atoms. The Morgan fingerprint density at radius 1 is 0.955 bits per heavy atom. The summed E-state index contributed by atoms with van der Waals surface area (Å²) in [5, 5.41) is 12.2. The number of carbonyl (C=O) groups excluding carboxylic acids is 3. The van der Waals surface area contributed by atoms with Crippen molar-refractivity contribution in [3.05, 3.63) is 131 Å². The lowest BCUT2D eigenvalue weighted by Crippen LogP contribution is -2.49. The van der Waals surface area contributed by atoms with Crippen LogP contribution in [0.1, 0.15) is 43.4 Å². The molecule has 1 fully saturated rings. The number of carbonyl (C=O) groups is 3. The summed E-state index contributed by atoms with van der Waals surface area (Å²) in [5.41, 5.74) is 2.12. The Morgan fingerprint density at radius 2 is 1.73 bits per heavy atom. The van der Waals surface area contributed by atoms with Crippen LogP contribution in [0.2, 0.25) is 0 Å². The number of methoxy groups -OCH3 is 1. The minimum atomic E-state index is -1.46. The van der Waals surface area contributed by atoms with Gasteiger partial charge in [0, 0.05) is 17.5 Å². The molecule has 0 radical (unpaired) electrons. The lowest BCUT2D eigenvalue weighted by Gasteiger charge is -2.38. The number of rotatable bonds is 7. The molecule has 3 heterocycles. The van der Waals surface area contributed by atoms with Gasteiger partial charge in [-0.25, -0.2) is 0 Å². The van der Waals surface area contributed by atoms with Gasteiger partial charge >= 0.3 is 0 Å². The molecule has 1 spiro atoms. The van der Waals surface area contributed by atoms with E-state index in [9.17, 15) is 19.6 Å². The molecule has 7 rings (SSSR count). The highest BCUT2D eigenvalue weighted by Crippen LogP contribution is 2.62. The highest BCUT2D eigenvalue weighted by Gasteiger charge is 2.70. The van der Waals surface area contributed by atoms with Crippen LogP contribution in [0.3, 0.4) is 0 Å². The highest BCUT2D eigenvalue weighted by molar-refractivity contribution is 6.17. The van der Waals surface area contributed by atoms with Crippen molar-refractivity contribution in [2.75, 3.05) is 19.0 Å². The Kier molecular flexibility index (Phi) is 6.51. The van der Waals surface area contributed by atoms with Gasteiger partial charge in [-0.1, -0.05) is 66.7 Å². The van der Waals surface area contributed by atoms with Crippen molar-refractivity contribution in [2.45, 2.75) is 17.5 Å². The van der Waals surface area contributed by atoms with Crippen LogP contribution < -0.4 is 14.8 Å². The van der Waals surface area contributed by atoms with Gasteiger partial charge in [-0.05, 0) is 53.1 Å². The zero-order valence-corrected chi connectivity index (χ0v) is 23.8. The molecule has 0 aliphatic carbocycles. The third-order valence-corrected chi connectivity index (χ3v) is 8.92. The Bertz CT molecular complexity index is 1910. The second kappa shape index (κ2) is 10.5. The van der Waals surface area contributed by atoms with E-state index in [2.05, 4.69) is 5.32 Å². The minimum Gasteiger partial charge on any atom is -0.497 e. The van der Waals surface area contributed by atoms with E-state index in [1.807, 2.05) is 71.8 Å². The number of benzene rings is 4. The van der Waals surface area contributed by atoms with Crippen LogP contribution in [0, 0.1) is 17.2 Å². The number of hydrogen-bond acceptors (Lipinski definition) is 7. The average molecular weight is 582 g/mol. The van der Waals surface area contributed by atoms with E-state index in [4.69, 9.17) is 9.47 Å². The summed E-state index contributed by atoms with van der Waals surface area (Å²) in [5.74, 6) is -1.50. The van der Waals surface area contributed by atoms with Crippen molar-refractivity contribution in [1.29, 1.82) is 5.26 Å². The molecule has 1 amide bonds. The molecule has 216 valence electrons. The molecular formula is C36H27N3O5. The van der Waals surface area contributed by atoms with Gasteiger partial charge in [0.05, 0.1) is 24.6 Å². The first-order chi connectivity index (χ1) is 21.5. The first-order valence-electron chi connectivity index (χ1n) is 14.3. The third-order valence-electron chi connectivity index (χ3n) is 8.92. The Balaban J connectivity index is 1.52. The van der Waals surface area contributed by atoms with Gasteiger partial charge in [-0.15, -0.1) is 0 Å². The predicted octanol–water partition coefficient (Wildman–Crippen LogP) is 5.58. The van der Waals surface area contributed by atoms with Gasteiger partial charge in [-0.2, -0.15) is 5.26 Å². The fourth-order valence-electron chi connectivity index (χ4n) is 7.19. The smallest absolute Gasteiger partial charge is 0.238 e. The van der Waals surface area contributed by atoms with Crippen molar-refractivity contribution in [2.24, 2.45) is 5.92 Å². The number of Topliss-reactive ketones (excluding diaryl/α,β-unsaturated/α-hetero) is 2. The van der Waals surface area contributed by atoms with Crippen molar-refractivity contribution in [3.63, 3.8) is 0 Å². The monoisotopic (exact) mass is 581 g/mol. The number of ether oxygens (including phenoxy) is 2. The Labute approximate surface area is 254 Å². The molecule has 44 heavy (non-hydrogen) atoms. The maximum absolute atomic E-state index is 15.0. The second-order valence-electron chi connectivity index (χ2n) is 11.0. The Morgan fingerprint density at radius 3 is 2.57 bits per heavy atom. The van der Waals surface area contributed by atoms with Crippen molar-refractivity contribution >= 4 is 29.2 Å². The minimum absolute atomic E-state index is 0.228. The van der Waals surface area contributed by atoms with E-state index < -0.39 is 23.4 Å². The zero-order chi connectivity index (χ0) is 30.4. The van der Waals surface area contributed by atoms with E-state index in [1.54, 1.807) is 48.5 Å². The number of nitriles is 1. The predicted molar refractivity (Wildman–Crippen MR) is 163 cm³/mol. The number of fused-ring (bicyclic) bond motifs is 6. The van der Waals surface area contributed by atoms with Crippen LogP contribution in [-0.2, 0) is 10.2 Å². The normalized spacial score (nSPS) is 22.4. The zero-order valence-electron chi connectivity index (χ0n) is 23.8. The number of nitrogens with zero attached hydrogens (tertiary/aromatic N) is 2. The molecule has 8 heteroatoms. The molecule has 0 saturated carbocycles. The highest BCUT2D eigenvalue weighted by atomic mass is 16.5. The maximum atomic E-state index is 15.0. The summed E-state index contributed by atoms with van der Waals surface area (Å²) >= 11 is 0. The summed E-state index contributed by atoms with van der Waals surface area (Å²) in [4.78, 5) is 46.3. The standard InChI is InChI=1S/C36H27N3O5/c1-43-24-11-8-10-23(21-24)32(40)30-31(33(41)26-13-4-7-16-29(26)44-20-18-37)39-19-17-22-9-2-3-12-25(22)34(39)36(30)27-14-5-6-15-28(27)38-35(36)42/h2-17,19,21,30-31,34H,20H2,1H3,(H,38,42)/t30-,31+,34-,36-/m0/s1. The molecule has 1 N–H and O–H groups in total. The maximum Gasteiger partial charge on any atom is 0.238 e. The molecule has 4 aromatic carbocycles. The fraction of sp³-hybridized carbons (Fsp3) is 0.167. The van der Waals surface area contributed by atoms with E-state index in [-0.39, 0.29) is 35.4 Å². The summed E-state index contributed by atoms with van der Waals surface area (Å²) in [7, 11) is 1.52. The number of anilines is 1. The molecule has 3 aliphatic heterocycles. The first kappa shape index (κ1) is 27.2. The summed E-state index contributed by atoms with van der Waals surface area (Å²) in [6, 6.07) is 28.8. The first-order valence-corrected chi connectivity index (χ1v) is 14.3. The SMILES string of the molecule is COc1cccc(C(=O)[C@@H]2[C@H](C(=O)c3ccccc3OCC#N)N3C=Cc4ccccc4[C@H]3[C@@]23C(=O)Nc2ccccc23)c1. The van der Waals surface area contributed by atoms with Gasteiger partial charge in [-0.3, -0.25) is 14.4 Å². The molecule has 0 unspecified atom stereocenters. The topological polar surface area (TPSA) is 109 Å². The fourth-order valence-corrected chi connectivity index (χ4v) is 7.19. The number of amides is 1. The van der Waals surface area contributed by atoms with Crippen LogP contribution in [0.25, 0.3) is 6.08 Å². The van der Waals surface area contributed by atoms with Crippen molar-refractivity contribution in [3.8, 4) is 17.6 Å². The summed E-state index contributed by atoms with van der Waals surface area (Å²) < 4.78 is 11.1. The number of ketones is 2. The van der Waals surface area contributed by atoms with Crippen LogP contribution >= 0.6 is 0 Å².